The lowest BCUT2D eigenvalue weighted by Crippen LogP contribution is -2.47. The SMILES string of the molecule is CN1CCN(C(=O)c2cnn3c(NCCc4c[nH]c5ccccc45)cc(-c4cncc(F)c4)nc23)CC1. The normalized spacial score (nSPS) is 14.5. The summed E-state index contributed by atoms with van der Waals surface area (Å²) in [6, 6.07) is 11.4. The molecular weight excluding hydrogens is 471 g/mol. The van der Waals surface area contributed by atoms with Crippen LogP contribution in [-0.4, -0.2) is 80.0 Å². The van der Waals surface area contributed by atoms with Crippen molar-refractivity contribution in [1.82, 2.24) is 34.4 Å². The topological polar surface area (TPSA) is 94.4 Å². The molecule has 1 amide bonds. The first-order valence-electron chi connectivity index (χ1n) is 12.3. The Morgan fingerprint density at radius 2 is 1.95 bits per heavy atom. The van der Waals surface area contributed by atoms with Crippen molar-refractivity contribution in [3.63, 3.8) is 0 Å². The molecule has 5 heterocycles. The molecule has 0 radical (unpaired) electrons. The summed E-state index contributed by atoms with van der Waals surface area (Å²) >= 11 is 0. The highest BCUT2D eigenvalue weighted by Gasteiger charge is 2.25. The van der Waals surface area contributed by atoms with E-state index < -0.39 is 5.82 Å². The Balaban J connectivity index is 1.34. The minimum absolute atomic E-state index is 0.102. The molecule has 2 N–H and O–H groups in total. The fourth-order valence-electron chi connectivity index (χ4n) is 4.78. The fourth-order valence-corrected chi connectivity index (χ4v) is 4.78. The maximum absolute atomic E-state index is 14.0. The smallest absolute Gasteiger partial charge is 0.259 e. The molecule has 10 heteroatoms. The minimum atomic E-state index is -0.449. The Labute approximate surface area is 212 Å². The van der Waals surface area contributed by atoms with Crippen molar-refractivity contribution >= 4 is 28.3 Å². The van der Waals surface area contributed by atoms with Gasteiger partial charge in [-0.1, -0.05) is 18.2 Å². The quantitative estimate of drug-likeness (QED) is 0.373. The molecule has 0 atom stereocenters. The average Bonchev–Trinajstić information content (AvgIpc) is 3.53. The highest BCUT2D eigenvalue weighted by atomic mass is 19.1. The van der Waals surface area contributed by atoms with Crippen molar-refractivity contribution in [2.75, 3.05) is 45.1 Å². The molecule has 1 aliphatic heterocycles. The Morgan fingerprint density at radius 1 is 1.11 bits per heavy atom. The minimum Gasteiger partial charge on any atom is -0.370 e. The van der Waals surface area contributed by atoms with Gasteiger partial charge in [0, 0.05) is 67.7 Å². The van der Waals surface area contributed by atoms with Gasteiger partial charge in [-0.15, -0.1) is 0 Å². The molecule has 0 saturated carbocycles. The number of para-hydroxylation sites is 1. The first-order chi connectivity index (χ1) is 18.1. The summed E-state index contributed by atoms with van der Waals surface area (Å²) in [7, 11) is 2.05. The summed E-state index contributed by atoms with van der Waals surface area (Å²) in [5.74, 6) is 0.117. The standard InChI is InChI=1S/C27H27FN8O/c1-34-8-10-35(11-9-34)27(37)22-17-32-36-25(13-24(33-26(22)36)19-12-20(28)16-29-14-19)30-7-6-18-15-31-23-5-3-2-4-21(18)23/h2-5,12-17,30-31H,6-11H2,1H3. The number of nitrogens with zero attached hydrogens (tertiary/aromatic N) is 6. The monoisotopic (exact) mass is 498 g/mol. The largest absolute Gasteiger partial charge is 0.370 e. The van der Waals surface area contributed by atoms with E-state index in [1.807, 2.05) is 36.3 Å². The maximum Gasteiger partial charge on any atom is 0.259 e. The average molecular weight is 499 g/mol. The van der Waals surface area contributed by atoms with Gasteiger partial charge in [-0.05, 0) is 31.2 Å². The van der Waals surface area contributed by atoms with E-state index in [-0.39, 0.29) is 5.91 Å². The molecule has 4 aromatic heterocycles. The van der Waals surface area contributed by atoms with Crippen LogP contribution < -0.4 is 5.32 Å². The molecule has 0 spiro atoms. The molecule has 5 aromatic rings. The first-order valence-corrected chi connectivity index (χ1v) is 12.3. The number of halogens is 1. The summed E-state index contributed by atoms with van der Waals surface area (Å²) in [5, 5.41) is 9.15. The van der Waals surface area contributed by atoms with Crippen LogP contribution in [0.2, 0.25) is 0 Å². The molecule has 0 bridgehead atoms. The van der Waals surface area contributed by atoms with Crippen LogP contribution >= 0.6 is 0 Å². The van der Waals surface area contributed by atoms with Gasteiger partial charge in [0.05, 0.1) is 18.1 Å². The third-order valence-electron chi connectivity index (χ3n) is 6.87. The maximum atomic E-state index is 14.0. The highest BCUT2D eigenvalue weighted by molar-refractivity contribution is 6.00. The Bertz CT molecular complexity index is 1580. The van der Waals surface area contributed by atoms with Gasteiger partial charge >= 0.3 is 0 Å². The molecular formula is C27H27FN8O. The number of carbonyl (C=O) groups excluding carboxylic acids is 1. The van der Waals surface area contributed by atoms with Crippen molar-refractivity contribution < 1.29 is 9.18 Å². The highest BCUT2D eigenvalue weighted by Crippen LogP contribution is 2.25. The number of likely N-dealkylation sites (N-methyl/N-ethyl adjacent to an activating group) is 1. The third-order valence-corrected chi connectivity index (χ3v) is 6.87. The van der Waals surface area contributed by atoms with Gasteiger partial charge < -0.3 is 20.1 Å². The number of pyridine rings is 1. The van der Waals surface area contributed by atoms with Crippen molar-refractivity contribution in [3.8, 4) is 11.3 Å². The van der Waals surface area contributed by atoms with Gasteiger partial charge in [-0.25, -0.2) is 9.37 Å². The number of hydrogen-bond donors (Lipinski definition) is 2. The van der Waals surface area contributed by atoms with Gasteiger partial charge in [-0.3, -0.25) is 9.78 Å². The Kier molecular flexibility index (Phi) is 6.01. The number of anilines is 1. The van der Waals surface area contributed by atoms with E-state index in [0.717, 1.165) is 31.2 Å². The molecule has 188 valence electrons. The zero-order valence-electron chi connectivity index (χ0n) is 20.5. The molecule has 9 nitrogen and oxygen atoms in total. The molecule has 0 unspecified atom stereocenters. The van der Waals surface area contributed by atoms with E-state index in [1.54, 1.807) is 16.9 Å². The van der Waals surface area contributed by atoms with E-state index in [4.69, 9.17) is 4.98 Å². The summed E-state index contributed by atoms with van der Waals surface area (Å²) < 4.78 is 15.6. The second-order valence-corrected chi connectivity index (χ2v) is 9.34. The van der Waals surface area contributed by atoms with Crippen LogP contribution in [0.3, 0.4) is 0 Å². The third kappa shape index (κ3) is 4.51. The van der Waals surface area contributed by atoms with Gasteiger partial charge in [0.25, 0.3) is 5.91 Å². The summed E-state index contributed by atoms with van der Waals surface area (Å²) in [6.45, 7) is 3.56. The number of amides is 1. The zero-order chi connectivity index (χ0) is 25.4. The summed E-state index contributed by atoms with van der Waals surface area (Å²) in [6.07, 6.45) is 7.10. The molecule has 37 heavy (non-hydrogen) atoms. The number of nitrogens with one attached hydrogen (secondary N) is 2. The number of benzene rings is 1. The number of aromatic nitrogens is 5. The molecule has 1 fully saturated rings. The number of H-pyrrole nitrogens is 1. The number of hydrogen-bond acceptors (Lipinski definition) is 6. The van der Waals surface area contributed by atoms with Gasteiger partial charge in [0.15, 0.2) is 5.65 Å². The van der Waals surface area contributed by atoms with Crippen LogP contribution in [0.15, 0.2) is 61.2 Å². The van der Waals surface area contributed by atoms with E-state index in [9.17, 15) is 9.18 Å². The molecule has 1 saturated heterocycles. The predicted octanol–water partition coefficient (Wildman–Crippen LogP) is 3.45. The van der Waals surface area contributed by atoms with E-state index >= 15 is 0 Å². The van der Waals surface area contributed by atoms with E-state index in [2.05, 4.69) is 37.4 Å². The fraction of sp³-hybridized carbons (Fsp3) is 0.259. The van der Waals surface area contributed by atoms with E-state index in [0.29, 0.717) is 47.9 Å². The van der Waals surface area contributed by atoms with Crippen LogP contribution in [-0.2, 0) is 6.42 Å². The van der Waals surface area contributed by atoms with Gasteiger partial charge in [-0.2, -0.15) is 9.61 Å². The zero-order valence-corrected chi connectivity index (χ0v) is 20.5. The first kappa shape index (κ1) is 23.1. The van der Waals surface area contributed by atoms with Crippen molar-refractivity contribution in [3.05, 3.63) is 78.1 Å². The number of rotatable bonds is 6. The van der Waals surface area contributed by atoms with Crippen molar-refractivity contribution in [2.24, 2.45) is 0 Å². The van der Waals surface area contributed by atoms with Crippen LogP contribution in [0.4, 0.5) is 10.2 Å². The number of fused-ring (bicyclic) bond motifs is 2. The second-order valence-electron chi connectivity index (χ2n) is 9.34. The Hall–Kier alpha value is -4.31. The molecule has 6 rings (SSSR count). The van der Waals surface area contributed by atoms with Crippen LogP contribution in [0, 0.1) is 5.82 Å². The molecule has 1 aromatic carbocycles. The molecule has 0 aliphatic carbocycles. The molecule has 1 aliphatic rings. The lowest BCUT2D eigenvalue weighted by Gasteiger charge is -2.32. The lowest BCUT2D eigenvalue weighted by molar-refractivity contribution is 0.0666. The van der Waals surface area contributed by atoms with Gasteiger partial charge in [0.1, 0.15) is 17.2 Å². The second kappa shape index (κ2) is 9.62. The Morgan fingerprint density at radius 3 is 2.78 bits per heavy atom. The number of aromatic amines is 1. The summed E-state index contributed by atoms with van der Waals surface area (Å²) in [5.41, 5.74) is 4.21. The van der Waals surface area contributed by atoms with Crippen LogP contribution in [0.5, 0.6) is 0 Å². The van der Waals surface area contributed by atoms with Gasteiger partial charge in [0.2, 0.25) is 0 Å². The van der Waals surface area contributed by atoms with Crippen molar-refractivity contribution in [2.45, 2.75) is 6.42 Å². The van der Waals surface area contributed by atoms with Crippen LogP contribution in [0.25, 0.3) is 27.8 Å². The van der Waals surface area contributed by atoms with Crippen molar-refractivity contribution in [1.29, 1.82) is 0 Å². The number of carbonyl (C=O) groups is 1. The predicted molar refractivity (Wildman–Crippen MR) is 140 cm³/mol. The van der Waals surface area contributed by atoms with E-state index in [1.165, 1.54) is 17.0 Å². The lowest BCUT2D eigenvalue weighted by atomic mass is 10.1. The van der Waals surface area contributed by atoms with Crippen LogP contribution in [0.1, 0.15) is 15.9 Å². The number of piperazine rings is 1. The summed E-state index contributed by atoms with van der Waals surface area (Å²) in [4.78, 5) is 29.5.